The van der Waals surface area contributed by atoms with Crippen LogP contribution in [0.25, 0.3) is 0 Å². The lowest BCUT2D eigenvalue weighted by atomic mass is 10.1. The third-order valence-corrected chi connectivity index (χ3v) is 3.47. The molecular formula is C12H12ClNO2S. The molecule has 0 amide bonds. The Morgan fingerprint density at radius 3 is 3.00 bits per heavy atom. The summed E-state index contributed by atoms with van der Waals surface area (Å²) in [7, 11) is 1.56. The molecule has 0 aliphatic carbocycles. The number of rotatable bonds is 4. The molecule has 90 valence electrons. The number of halogens is 1. The quantitative estimate of drug-likeness (QED) is 0.928. The normalized spacial score (nSPS) is 12.4. The molecule has 5 heteroatoms. The fraction of sp³-hybridized carbons (Fsp3) is 0.250. The molecule has 0 saturated heterocycles. The number of aromatic nitrogens is 1. The van der Waals surface area contributed by atoms with Gasteiger partial charge in [-0.3, -0.25) is 4.98 Å². The van der Waals surface area contributed by atoms with E-state index in [0.29, 0.717) is 17.2 Å². The molecule has 1 aromatic heterocycles. The van der Waals surface area contributed by atoms with Crippen LogP contribution in [0.3, 0.4) is 0 Å². The number of methoxy groups -OCH3 is 1. The molecule has 1 N–H and O–H groups in total. The minimum absolute atomic E-state index is 0.530. The van der Waals surface area contributed by atoms with Crippen molar-refractivity contribution in [2.45, 2.75) is 12.5 Å². The molecule has 1 atom stereocenters. The maximum Gasteiger partial charge on any atom is 0.126 e. The fourth-order valence-electron chi connectivity index (χ4n) is 1.60. The van der Waals surface area contributed by atoms with E-state index in [1.165, 1.54) is 11.3 Å². The van der Waals surface area contributed by atoms with E-state index in [-0.39, 0.29) is 0 Å². The molecule has 0 radical (unpaired) electrons. The zero-order valence-corrected chi connectivity index (χ0v) is 10.8. The van der Waals surface area contributed by atoms with Gasteiger partial charge in [-0.05, 0) is 12.1 Å². The zero-order valence-electron chi connectivity index (χ0n) is 9.26. The van der Waals surface area contributed by atoms with E-state index in [1.807, 2.05) is 0 Å². The maximum absolute atomic E-state index is 10.2. The molecule has 0 spiro atoms. The topological polar surface area (TPSA) is 42.4 Å². The summed E-state index contributed by atoms with van der Waals surface area (Å²) in [6.45, 7) is 0. The summed E-state index contributed by atoms with van der Waals surface area (Å²) in [6, 6.07) is 5.23. The zero-order chi connectivity index (χ0) is 12.3. The van der Waals surface area contributed by atoms with Crippen LogP contribution in [0.1, 0.15) is 16.5 Å². The molecule has 2 aromatic rings. The highest BCUT2D eigenvalue weighted by Gasteiger charge is 2.14. The van der Waals surface area contributed by atoms with E-state index < -0.39 is 6.10 Å². The van der Waals surface area contributed by atoms with Crippen molar-refractivity contribution in [3.8, 4) is 5.75 Å². The Balaban J connectivity index is 2.21. The number of benzene rings is 1. The summed E-state index contributed by atoms with van der Waals surface area (Å²) >= 11 is 7.40. The first kappa shape index (κ1) is 12.4. The standard InChI is InChI=1S/C12H12ClNO2S/c1-16-12-4-8(13)2-3-10(12)11(15)5-9-6-14-7-17-9/h2-4,6-7,11,15H,5H2,1H3. The predicted molar refractivity (Wildman–Crippen MR) is 68.8 cm³/mol. The molecule has 1 heterocycles. The predicted octanol–water partition coefficient (Wildman–Crippen LogP) is 3.08. The smallest absolute Gasteiger partial charge is 0.126 e. The van der Waals surface area contributed by atoms with Gasteiger partial charge in [0.15, 0.2) is 0 Å². The van der Waals surface area contributed by atoms with E-state index in [2.05, 4.69) is 4.98 Å². The number of nitrogens with zero attached hydrogens (tertiary/aromatic N) is 1. The van der Waals surface area contributed by atoms with Gasteiger partial charge in [0.05, 0.1) is 18.7 Å². The number of hydrogen-bond acceptors (Lipinski definition) is 4. The fourth-order valence-corrected chi connectivity index (χ4v) is 2.40. The summed E-state index contributed by atoms with van der Waals surface area (Å²) in [5, 5.41) is 10.7. The maximum atomic E-state index is 10.2. The Labute approximate surface area is 109 Å². The molecule has 0 aliphatic heterocycles. The Bertz CT molecular complexity index is 487. The molecule has 0 fully saturated rings. The number of ether oxygens (including phenoxy) is 1. The first-order valence-corrected chi connectivity index (χ1v) is 6.35. The second-order valence-corrected chi connectivity index (χ2v) is 4.98. The summed E-state index contributed by atoms with van der Waals surface area (Å²) < 4.78 is 5.21. The van der Waals surface area contributed by atoms with Crippen LogP contribution in [0.15, 0.2) is 29.9 Å². The molecular weight excluding hydrogens is 258 g/mol. The molecule has 0 aliphatic rings. The average molecular weight is 270 g/mol. The number of hydrogen-bond donors (Lipinski definition) is 1. The highest BCUT2D eigenvalue weighted by atomic mass is 35.5. The van der Waals surface area contributed by atoms with E-state index >= 15 is 0 Å². The van der Waals surface area contributed by atoms with Crippen LogP contribution < -0.4 is 4.74 Å². The van der Waals surface area contributed by atoms with Crippen LogP contribution in [-0.4, -0.2) is 17.2 Å². The highest BCUT2D eigenvalue weighted by molar-refractivity contribution is 7.09. The minimum Gasteiger partial charge on any atom is -0.496 e. The van der Waals surface area contributed by atoms with Crippen LogP contribution in [0.4, 0.5) is 0 Å². The number of thiazole rings is 1. The van der Waals surface area contributed by atoms with Gasteiger partial charge in [-0.1, -0.05) is 17.7 Å². The molecule has 1 aromatic carbocycles. The van der Waals surface area contributed by atoms with Gasteiger partial charge in [0.2, 0.25) is 0 Å². The van der Waals surface area contributed by atoms with Crippen molar-refractivity contribution in [3.05, 3.63) is 45.4 Å². The number of aliphatic hydroxyl groups is 1. The minimum atomic E-state index is -0.609. The summed E-state index contributed by atoms with van der Waals surface area (Å²) in [6.07, 6.45) is 1.68. The first-order valence-electron chi connectivity index (χ1n) is 5.09. The van der Waals surface area contributed by atoms with Crippen molar-refractivity contribution < 1.29 is 9.84 Å². The van der Waals surface area contributed by atoms with Crippen LogP contribution in [-0.2, 0) is 6.42 Å². The van der Waals surface area contributed by atoms with Crippen LogP contribution >= 0.6 is 22.9 Å². The van der Waals surface area contributed by atoms with Gasteiger partial charge >= 0.3 is 0 Å². The monoisotopic (exact) mass is 269 g/mol. The average Bonchev–Trinajstić information content (AvgIpc) is 2.81. The van der Waals surface area contributed by atoms with Crippen molar-refractivity contribution in [2.75, 3.05) is 7.11 Å². The summed E-state index contributed by atoms with van der Waals surface area (Å²) in [5.41, 5.74) is 2.49. The van der Waals surface area contributed by atoms with E-state index in [9.17, 15) is 5.11 Å². The van der Waals surface area contributed by atoms with Gasteiger partial charge in [0.25, 0.3) is 0 Å². The van der Waals surface area contributed by atoms with Crippen molar-refractivity contribution in [3.63, 3.8) is 0 Å². The van der Waals surface area contributed by atoms with E-state index in [4.69, 9.17) is 16.3 Å². The molecule has 2 rings (SSSR count). The Kier molecular flexibility index (Phi) is 3.99. The lowest BCUT2D eigenvalue weighted by Crippen LogP contribution is -2.03. The van der Waals surface area contributed by atoms with Gasteiger partial charge in [0, 0.05) is 28.1 Å². The Morgan fingerprint density at radius 2 is 2.35 bits per heavy atom. The molecule has 17 heavy (non-hydrogen) atoms. The Hall–Kier alpha value is -1.10. The first-order chi connectivity index (χ1) is 8.20. The van der Waals surface area contributed by atoms with Gasteiger partial charge in [-0.2, -0.15) is 0 Å². The molecule has 3 nitrogen and oxygen atoms in total. The van der Waals surface area contributed by atoms with E-state index in [0.717, 1.165) is 10.4 Å². The molecule has 0 saturated carbocycles. The van der Waals surface area contributed by atoms with Crippen molar-refractivity contribution in [1.82, 2.24) is 4.98 Å². The lowest BCUT2D eigenvalue weighted by molar-refractivity contribution is 0.175. The van der Waals surface area contributed by atoms with Crippen molar-refractivity contribution in [2.24, 2.45) is 0 Å². The second kappa shape index (κ2) is 5.49. The largest absolute Gasteiger partial charge is 0.496 e. The van der Waals surface area contributed by atoms with Gasteiger partial charge in [-0.15, -0.1) is 11.3 Å². The van der Waals surface area contributed by atoms with Crippen LogP contribution in [0, 0.1) is 0 Å². The van der Waals surface area contributed by atoms with Crippen LogP contribution in [0.2, 0.25) is 5.02 Å². The second-order valence-electron chi connectivity index (χ2n) is 3.57. The van der Waals surface area contributed by atoms with Crippen LogP contribution in [0.5, 0.6) is 5.75 Å². The number of aliphatic hydroxyl groups excluding tert-OH is 1. The van der Waals surface area contributed by atoms with Gasteiger partial charge in [-0.25, -0.2) is 0 Å². The summed E-state index contributed by atoms with van der Waals surface area (Å²) in [5.74, 6) is 0.606. The Morgan fingerprint density at radius 1 is 1.53 bits per heavy atom. The summed E-state index contributed by atoms with van der Waals surface area (Å²) in [4.78, 5) is 5.02. The highest BCUT2D eigenvalue weighted by Crippen LogP contribution is 2.30. The van der Waals surface area contributed by atoms with Crippen molar-refractivity contribution >= 4 is 22.9 Å². The van der Waals surface area contributed by atoms with Gasteiger partial charge in [0.1, 0.15) is 5.75 Å². The molecule has 1 unspecified atom stereocenters. The van der Waals surface area contributed by atoms with Crippen molar-refractivity contribution in [1.29, 1.82) is 0 Å². The third-order valence-electron chi connectivity index (χ3n) is 2.43. The van der Waals surface area contributed by atoms with Gasteiger partial charge < -0.3 is 9.84 Å². The molecule has 0 bridgehead atoms. The lowest BCUT2D eigenvalue weighted by Gasteiger charge is -2.14. The third kappa shape index (κ3) is 2.97. The van der Waals surface area contributed by atoms with E-state index in [1.54, 1.807) is 37.0 Å². The SMILES string of the molecule is COc1cc(Cl)ccc1C(O)Cc1cncs1.